The Bertz CT molecular complexity index is 224. The van der Waals surface area contributed by atoms with E-state index in [1.54, 1.807) is 6.08 Å². The number of allylic oxidation sites excluding steroid dienone is 1. The minimum absolute atomic E-state index is 0.265. The van der Waals surface area contributed by atoms with Crippen molar-refractivity contribution in [2.24, 2.45) is 0 Å². The molecule has 0 radical (unpaired) electrons. The van der Waals surface area contributed by atoms with Gasteiger partial charge in [0.25, 0.3) is 0 Å². The van der Waals surface area contributed by atoms with E-state index in [1.165, 1.54) is 45.6 Å². The molecule has 0 saturated heterocycles. The van der Waals surface area contributed by atoms with Crippen molar-refractivity contribution >= 4 is 5.97 Å². The zero-order valence-electron chi connectivity index (χ0n) is 11.9. The Morgan fingerprint density at radius 1 is 1.22 bits per heavy atom. The molecule has 0 fully saturated rings. The minimum atomic E-state index is -0.524. The molecule has 0 spiro atoms. The Morgan fingerprint density at radius 2 is 1.89 bits per heavy atom. The molecule has 0 aliphatic carbocycles. The first-order valence-corrected chi connectivity index (χ1v) is 7.12. The van der Waals surface area contributed by atoms with Crippen LogP contribution in [0.3, 0.4) is 0 Å². The number of ether oxygens (including phenoxy) is 1. The second-order valence-electron chi connectivity index (χ2n) is 4.67. The lowest BCUT2D eigenvalue weighted by Crippen LogP contribution is -2.07. The molecule has 0 aromatic rings. The van der Waals surface area contributed by atoms with Crippen molar-refractivity contribution in [3.05, 3.63) is 12.2 Å². The SMILES string of the molecule is CCCCCCCCC=CC(O)CCC(=O)OC. The Labute approximate surface area is 111 Å². The van der Waals surface area contributed by atoms with Gasteiger partial charge in [-0.25, -0.2) is 0 Å². The molecule has 1 atom stereocenters. The van der Waals surface area contributed by atoms with Crippen molar-refractivity contribution in [2.75, 3.05) is 7.11 Å². The van der Waals surface area contributed by atoms with Crippen LogP contribution in [0.4, 0.5) is 0 Å². The van der Waals surface area contributed by atoms with Gasteiger partial charge in [-0.3, -0.25) is 4.79 Å². The van der Waals surface area contributed by atoms with E-state index < -0.39 is 6.10 Å². The van der Waals surface area contributed by atoms with Crippen LogP contribution < -0.4 is 0 Å². The highest BCUT2D eigenvalue weighted by atomic mass is 16.5. The number of aliphatic hydroxyl groups is 1. The van der Waals surface area contributed by atoms with Crippen molar-refractivity contribution < 1.29 is 14.6 Å². The first-order chi connectivity index (χ1) is 8.70. The molecule has 0 rings (SSSR count). The van der Waals surface area contributed by atoms with E-state index >= 15 is 0 Å². The summed E-state index contributed by atoms with van der Waals surface area (Å²) >= 11 is 0. The van der Waals surface area contributed by atoms with E-state index in [-0.39, 0.29) is 12.4 Å². The van der Waals surface area contributed by atoms with Gasteiger partial charge in [0, 0.05) is 6.42 Å². The molecule has 0 bridgehead atoms. The molecular formula is C15H28O3. The fourth-order valence-electron chi connectivity index (χ4n) is 1.76. The Kier molecular flexibility index (Phi) is 12.0. The third kappa shape index (κ3) is 11.6. The number of hydrogen-bond acceptors (Lipinski definition) is 3. The zero-order chi connectivity index (χ0) is 13.6. The van der Waals surface area contributed by atoms with E-state index in [1.807, 2.05) is 6.08 Å². The third-order valence-corrected chi connectivity index (χ3v) is 2.95. The van der Waals surface area contributed by atoms with Crippen molar-refractivity contribution in [3.63, 3.8) is 0 Å². The van der Waals surface area contributed by atoms with Crippen LogP contribution in [0.5, 0.6) is 0 Å². The predicted octanol–water partition coefficient (Wildman–Crippen LogP) is 3.61. The molecular weight excluding hydrogens is 228 g/mol. The van der Waals surface area contributed by atoms with Crippen LogP contribution in [0.25, 0.3) is 0 Å². The summed E-state index contributed by atoms with van der Waals surface area (Å²) in [5.74, 6) is -0.265. The maximum Gasteiger partial charge on any atom is 0.305 e. The fraction of sp³-hybridized carbons (Fsp3) is 0.800. The van der Waals surface area contributed by atoms with Gasteiger partial charge in [0.1, 0.15) is 0 Å². The molecule has 1 unspecified atom stereocenters. The standard InChI is InChI=1S/C15H28O3/c1-3-4-5-6-7-8-9-10-11-14(16)12-13-15(17)18-2/h10-11,14,16H,3-9,12-13H2,1-2H3. The van der Waals surface area contributed by atoms with E-state index in [2.05, 4.69) is 11.7 Å². The number of rotatable bonds is 11. The highest BCUT2D eigenvalue weighted by molar-refractivity contribution is 5.69. The maximum atomic E-state index is 10.9. The van der Waals surface area contributed by atoms with E-state index in [4.69, 9.17) is 0 Å². The molecule has 0 aliphatic heterocycles. The summed E-state index contributed by atoms with van der Waals surface area (Å²) in [5, 5.41) is 9.57. The van der Waals surface area contributed by atoms with Crippen LogP contribution in [-0.2, 0) is 9.53 Å². The van der Waals surface area contributed by atoms with E-state index in [9.17, 15) is 9.90 Å². The molecule has 0 heterocycles. The van der Waals surface area contributed by atoms with Crippen LogP contribution in [-0.4, -0.2) is 24.3 Å². The van der Waals surface area contributed by atoms with Crippen LogP contribution in [0.15, 0.2) is 12.2 Å². The van der Waals surface area contributed by atoms with E-state index in [0.717, 1.165) is 6.42 Å². The molecule has 0 aromatic carbocycles. The van der Waals surface area contributed by atoms with Crippen molar-refractivity contribution in [1.29, 1.82) is 0 Å². The number of carbonyl (C=O) groups is 1. The summed E-state index contributed by atoms with van der Waals surface area (Å²) in [5.41, 5.74) is 0. The van der Waals surface area contributed by atoms with Crippen molar-refractivity contribution in [1.82, 2.24) is 0 Å². The van der Waals surface area contributed by atoms with Crippen molar-refractivity contribution in [2.45, 2.75) is 70.8 Å². The predicted molar refractivity (Wildman–Crippen MR) is 74.4 cm³/mol. The Balaban J connectivity index is 3.37. The zero-order valence-corrected chi connectivity index (χ0v) is 11.9. The topological polar surface area (TPSA) is 46.5 Å². The highest BCUT2D eigenvalue weighted by Gasteiger charge is 2.04. The molecule has 3 nitrogen and oxygen atoms in total. The quantitative estimate of drug-likeness (QED) is 0.349. The third-order valence-electron chi connectivity index (χ3n) is 2.95. The van der Waals surface area contributed by atoms with E-state index in [0.29, 0.717) is 6.42 Å². The summed E-state index contributed by atoms with van der Waals surface area (Å²) < 4.78 is 4.52. The number of carbonyl (C=O) groups excluding carboxylic acids is 1. The number of aliphatic hydroxyl groups excluding tert-OH is 1. The molecule has 0 saturated carbocycles. The lowest BCUT2D eigenvalue weighted by Gasteiger charge is -2.04. The van der Waals surface area contributed by atoms with Gasteiger partial charge < -0.3 is 9.84 Å². The molecule has 0 aliphatic rings. The van der Waals surface area contributed by atoms with Crippen LogP contribution >= 0.6 is 0 Å². The van der Waals surface area contributed by atoms with Gasteiger partial charge in [-0.2, -0.15) is 0 Å². The fourth-order valence-corrected chi connectivity index (χ4v) is 1.76. The van der Waals surface area contributed by atoms with Crippen LogP contribution in [0.2, 0.25) is 0 Å². The van der Waals surface area contributed by atoms with Gasteiger partial charge in [-0.1, -0.05) is 51.2 Å². The lowest BCUT2D eigenvalue weighted by molar-refractivity contribution is -0.141. The second kappa shape index (κ2) is 12.6. The molecule has 0 aromatic heterocycles. The molecule has 0 amide bonds. The monoisotopic (exact) mass is 256 g/mol. The first-order valence-electron chi connectivity index (χ1n) is 7.12. The summed E-state index contributed by atoms with van der Waals surface area (Å²) in [7, 11) is 1.36. The smallest absolute Gasteiger partial charge is 0.305 e. The normalized spacial score (nSPS) is 12.8. The summed E-state index contributed by atoms with van der Waals surface area (Å²) in [4.78, 5) is 10.9. The van der Waals surface area contributed by atoms with Gasteiger partial charge >= 0.3 is 5.97 Å². The number of unbranched alkanes of at least 4 members (excludes halogenated alkanes) is 6. The second-order valence-corrected chi connectivity index (χ2v) is 4.67. The Hall–Kier alpha value is -0.830. The number of methoxy groups -OCH3 is 1. The van der Waals surface area contributed by atoms with Crippen molar-refractivity contribution in [3.8, 4) is 0 Å². The molecule has 18 heavy (non-hydrogen) atoms. The van der Waals surface area contributed by atoms with Gasteiger partial charge in [0.15, 0.2) is 0 Å². The van der Waals surface area contributed by atoms with Crippen LogP contribution in [0.1, 0.15) is 64.7 Å². The largest absolute Gasteiger partial charge is 0.469 e. The maximum absolute atomic E-state index is 10.9. The van der Waals surface area contributed by atoms with Crippen LogP contribution in [0, 0.1) is 0 Å². The summed E-state index contributed by atoms with van der Waals surface area (Å²) in [6.07, 6.45) is 12.7. The molecule has 1 N–H and O–H groups in total. The van der Waals surface area contributed by atoms with Gasteiger partial charge in [0.05, 0.1) is 13.2 Å². The van der Waals surface area contributed by atoms with Gasteiger partial charge in [0.2, 0.25) is 0 Å². The summed E-state index contributed by atoms with van der Waals surface area (Å²) in [6.45, 7) is 2.22. The van der Waals surface area contributed by atoms with Gasteiger partial charge in [-0.05, 0) is 19.3 Å². The highest BCUT2D eigenvalue weighted by Crippen LogP contribution is 2.08. The minimum Gasteiger partial charge on any atom is -0.469 e. The average molecular weight is 256 g/mol. The number of hydrogen-bond donors (Lipinski definition) is 1. The summed E-state index contributed by atoms with van der Waals surface area (Å²) in [6, 6.07) is 0. The molecule has 106 valence electrons. The number of esters is 1. The molecule has 3 heteroatoms. The first kappa shape index (κ1) is 17.2. The van der Waals surface area contributed by atoms with Gasteiger partial charge in [-0.15, -0.1) is 0 Å². The average Bonchev–Trinajstić information content (AvgIpc) is 2.39. The Morgan fingerprint density at radius 3 is 2.56 bits per heavy atom. The lowest BCUT2D eigenvalue weighted by atomic mass is 10.1.